The van der Waals surface area contributed by atoms with E-state index in [-0.39, 0.29) is 17.8 Å². The lowest BCUT2D eigenvalue weighted by Crippen LogP contribution is -2.45. The molecule has 0 bridgehead atoms. The first kappa shape index (κ1) is 16.0. The number of amides is 1. The number of anilines is 2. The Morgan fingerprint density at radius 2 is 2.43 bits per heavy atom. The van der Waals surface area contributed by atoms with E-state index in [1.807, 2.05) is 7.05 Å². The molecule has 2 rings (SSSR count). The molecule has 0 aliphatic carbocycles. The lowest BCUT2D eigenvalue weighted by molar-refractivity contribution is -0.0174. The maximum absolute atomic E-state index is 12.2. The fourth-order valence-corrected chi connectivity index (χ4v) is 2.91. The fraction of sp³-hybridized carbons (Fsp3) is 0.692. The molecule has 4 N–H and O–H groups in total. The van der Waals surface area contributed by atoms with Crippen LogP contribution in [0.1, 0.15) is 23.0 Å². The summed E-state index contributed by atoms with van der Waals surface area (Å²) in [5, 5.41) is 6.70. The predicted molar refractivity (Wildman–Crippen MR) is 84.9 cm³/mol. The van der Waals surface area contributed by atoms with Gasteiger partial charge in [-0.15, -0.1) is 0 Å². The summed E-state index contributed by atoms with van der Waals surface area (Å²) in [7, 11) is 2.05. The molecule has 1 aromatic heterocycles. The second-order valence-corrected chi connectivity index (χ2v) is 6.12. The smallest absolute Gasteiger partial charge is 0.265 e. The fourth-order valence-electron chi connectivity index (χ4n) is 2.08. The number of ether oxygens (including phenoxy) is 1. The molecule has 1 atom stereocenters. The van der Waals surface area contributed by atoms with Gasteiger partial charge in [-0.25, -0.2) is 4.98 Å². The molecule has 0 aromatic carbocycles. The molecule has 1 aliphatic rings. The van der Waals surface area contributed by atoms with Gasteiger partial charge < -0.3 is 26.0 Å². The number of morpholine rings is 1. The van der Waals surface area contributed by atoms with Gasteiger partial charge in [0, 0.05) is 26.2 Å². The highest BCUT2D eigenvalue weighted by Crippen LogP contribution is 2.24. The molecular formula is C13H23N5O2S. The molecule has 0 saturated carbocycles. The van der Waals surface area contributed by atoms with Crippen molar-refractivity contribution in [3.63, 3.8) is 0 Å². The van der Waals surface area contributed by atoms with Crippen molar-refractivity contribution in [1.29, 1.82) is 0 Å². The minimum atomic E-state index is -0.189. The van der Waals surface area contributed by atoms with E-state index in [4.69, 9.17) is 10.5 Å². The van der Waals surface area contributed by atoms with Gasteiger partial charge in [0.05, 0.1) is 12.7 Å². The summed E-state index contributed by atoms with van der Waals surface area (Å²) in [6, 6.07) is 0. The summed E-state index contributed by atoms with van der Waals surface area (Å²) in [6.07, 6.45) is 1.02. The third kappa shape index (κ3) is 4.55. The molecule has 1 saturated heterocycles. The van der Waals surface area contributed by atoms with Gasteiger partial charge in [-0.05, 0) is 13.5 Å². The van der Waals surface area contributed by atoms with Crippen molar-refractivity contribution < 1.29 is 9.53 Å². The van der Waals surface area contributed by atoms with E-state index in [2.05, 4.69) is 27.4 Å². The van der Waals surface area contributed by atoms with E-state index in [1.54, 1.807) is 0 Å². The van der Waals surface area contributed by atoms with E-state index in [9.17, 15) is 4.79 Å². The number of nitrogens with two attached hydrogens (primary N) is 1. The lowest BCUT2D eigenvalue weighted by atomic mass is 10.3. The molecule has 1 aliphatic heterocycles. The van der Waals surface area contributed by atoms with E-state index in [0.29, 0.717) is 23.2 Å². The maximum Gasteiger partial charge on any atom is 0.265 e. The molecule has 1 amide bonds. The van der Waals surface area contributed by atoms with Crippen molar-refractivity contribution in [2.24, 2.45) is 0 Å². The van der Waals surface area contributed by atoms with Gasteiger partial charge in [-0.1, -0.05) is 18.3 Å². The number of hydrogen-bond donors (Lipinski definition) is 3. The Bertz CT molecular complexity index is 479. The Kier molecular flexibility index (Phi) is 5.77. The molecular weight excluding hydrogens is 290 g/mol. The van der Waals surface area contributed by atoms with Gasteiger partial charge in [0.15, 0.2) is 5.13 Å². The van der Waals surface area contributed by atoms with Gasteiger partial charge in [-0.2, -0.15) is 0 Å². The van der Waals surface area contributed by atoms with Crippen molar-refractivity contribution in [3.05, 3.63) is 4.88 Å². The average Bonchev–Trinajstić information content (AvgIpc) is 2.84. The number of likely N-dealkylation sites (N-methyl/N-ethyl adjacent to an activating group) is 1. The van der Waals surface area contributed by atoms with E-state index < -0.39 is 0 Å². The normalized spacial score (nSPS) is 19.4. The number of nitrogen functional groups attached to an aromatic ring is 1. The van der Waals surface area contributed by atoms with Crippen molar-refractivity contribution in [2.75, 3.05) is 50.9 Å². The van der Waals surface area contributed by atoms with Crippen molar-refractivity contribution in [1.82, 2.24) is 15.2 Å². The first-order valence-corrected chi connectivity index (χ1v) is 8.00. The van der Waals surface area contributed by atoms with Crippen LogP contribution in [0.2, 0.25) is 0 Å². The van der Waals surface area contributed by atoms with Crippen LogP contribution in [0, 0.1) is 0 Å². The van der Waals surface area contributed by atoms with Gasteiger partial charge in [0.1, 0.15) is 10.7 Å². The standard InChI is InChI=1S/C13H23N5O2S/c1-3-4-15-13-17-11(14)10(21-13)12(19)16-7-9-8-18(2)5-6-20-9/h9H,3-8,14H2,1-2H3,(H,15,17)(H,16,19). The zero-order chi connectivity index (χ0) is 15.2. The Morgan fingerprint density at radius 3 is 3.14 bits per heavy atom. The molecule has 1 fully saturated rings. The topological polar surface area (TPSA) is 92.5 Å². The molecule has 1 aromatic rings. The second-order valence-electron chi connectivity index (χ2n) is 5.13. The van der Waals surface area contributed by atoms with Crippen LogP contribution in [0.3, 0.4) is 0 Å². The highest BCUT2D eigenvalue weighted by Gasteiger charge is 2.20. The monoisotopic (exact) mass is 313 g/mol. The molecule has 0 spiro atoms. The number of carbonyl (C=O) groups is 1. The summed E-state index contributed by atoms with van der Waals surface area (Å²) < 4.78 is 5.61. The number of carbonyl (C=O) groups excluding carboxylic acids is 1. The Balaban J connectivity index is 1.86. The Morgan fingerprint density at radius 1 is 1.62 bits per heavy atom. The third-order valence-electron chi connectivity index (χ3n) is 3.22. The molecule has 8 heteroatoms. The third-order valence-corrected chi connectivity index (χ3v) is 4.25. The average molecular weight is 313 g/mol. The first-order chi connectivity index (χ1) is 10.1. The van der Waals surface area contributed by atoms with Crippen LogP contribution in [0.4, 0.5) is 10.9 Å². The zero-order valence-electron chi connectivity index (χ0n) is 12.5. The quantitative estimate of drug-likeness (QED) is 0.712. The molecule has 118 valence electrons. The largest absolute Gasteiger partial charge is 0.382 e. The van der Waals surface area contributed by atoms with E-state index in [0.717, 1.165) is 26.1 Å². The zero-order valence-corrected chi connectivity index (χ0v) is 13.3. The van der Waals surface area contributed by atoms with Crippen molar-refractivity contribution in [2.45, 2.75) is 19.4 Å². The van der Waals surface area contributed by atoms with Crippen LogP contribution in [-0.4, -0.2) is 61.7 Å². The highest BCUT2D eigenvalue weighted by molar-refractivity contribution is 7.18. The lowest BCUT2D eigenvalue weighted by Gasteiger charge is -2.30. The molecule has 21 heavy (non-hydrogen) atoms. The predicted octanol–water partition coefficient (Wildman–Crippen LogP) is 0.608. The van der Waals surface area contributed by atoms with E-state index in [1.165, 1.54) is 11.3 Å². The number of nitrogens with one attached hydrogen (secondary N) is 2. The van der Waals surface area contributed by atoms with Gasteiger partial charge in [0.2, 0.25) is 0 Å². The number of nitrogens with zero attached hydrogens (tertiary/aromatic N) is 2. The summed E-state index contributed by atoms with van der Waals surface area (Å²) >= 11 is 1.28. The van der Waals surface area contributed by atoms with Crippen LogP contribution in [0.5, 0.6) is 0 Å². The van der Waals surface area contributed by atoms with Crippen LogP contribution in [-0.2, 0) is 4.74 Å². The maximum atomic E-state index is 12.2. The summed E-state index contributed by atoms with van der Waals surface area (Å²) in [4.78, 5) is 19.0. The van der Waals surface area contributed by atoms with Gasteiger partial charge in [-0.3, -0.25) is 4.79 Å². The van der Waals surface area contributed by atoms with Crippen molar-refractivity contribution >= 4 is 28.2 Å². The SMILES string of the molecule is CCCNc1nc(N)c(C(=O)NCC2CN(C)CCO2)s1. The first-order valence-electron chi connectivity index (χ1n) is 7.18. The van der Waals surface area contributed by atoms with Crippen LogP contribution in [0.25, 0.3) is 0 Å². The van der Waals surface area contributed by atoms with Crippen LogP contribution in [0.15, 0.2) is 0 Å². The summed E-state index contributed by atoms with van der Waals surface area (Å²) in [5.41, 5.74) is 5.80. The highest BCUT2D eigenvalue weighted by atomic mass is 32.1. The van der Waals surface area contributed by atoms with Gasteiger partial charge in [0.25, 0.3) is 5.91 Å². The molecule has 0 radical (unpaired) electrons. The molecule has 1 unspecified atom stereocenters. The van der Waals surface area contributed by atoms with Crippen molar-refractivity contribution in [3.8, 4) is 0 Å². The number of hydrogen-bond acceptors (Lipinski definition) is 7. The minimum Gasteiger partial charge on any atom is -0.382 e. The van der Waals surface area contributed by atoms with Gasteiger partial charge >= 0.3 is 0 Å². The number of thiazole rings is 1. The van der Waals surface area contributed by atoms with Crippen LogP contribution >= 0.6 is 11.3 Å². The molecule has 2 heterocycles. The number of aromatic nitrogens is 1. The number of rotatable bonds is 6. The molecule has 7 nitrogen and oxygen atoms in total. The van der Waals surface area contributed by atoms with Crippen LogP contribution < -0.4 is 16.4 Å². The summed E-state index contributed by atoms with van der Waals surface area (Å²) in [5.74, 6) is 0.0872. The minimum absolute atomic E-state index is 0.0273. The second kappa shape index (κ2) is 7.58. The van der Waals surface area contributed by atoms with E-state index >= 15 is 0 Å². The Hall–Kier alpha value is -1.38. The summed E-state index contributed by atoms with van der Waals surface area (Å²) in [6.45, 7) is 5.82. The Labute approximate surface area is 128 Å².